The molecule has 1 aliphatic rings. The number of amides is 3. The Morgan fingerprint density at radius 1 is 1.00 bits per heavy atom. The quantitative estimate of drug-likeness (QED) is 0.111. The predicted molar refractivity (Wildman–Crippen MR) is 169 cm³/mol. The normalized spacial score (nSPS) is 12.7. The third-order valence-electron chi connectivity index (χ3n) is 6.35. The highest BCUT2D eigenvalue weighted by Gasteiger charge is 2.30. The number of carbonyl (C=O) groups excluding carboxylic acids is 3. The minimum absolute atomic E-state index is 0.129. The Labute approximate surface area is 269 Å². The highest BCUT2D eigenvalue weighted by atomic mass is 32.2. The van der Waals surface area contributed by atoms with Crippen LogP contribution in [-0.2, 0) is 29.2 Å². The summed E-state index contributed by atoms with van der Waals surface area (Å²) in [6.45, 7) is 1.38. The molecular weight excluding hydrogens is 636 g/mol. The van der Waals surface area contributed by atoms with Gasteiger partial charge in [0, 0.05) is 36.3 Å². The lowest BCUT2D eigenvalue weighted by atomic mass is 10.1. The average molecular weight is 669 g/mol. The third-order valence-corrected chi connectivity index (χ3v) is 7.84. The van der Waals surface area contributed by atoms with Crippen molar-refractivity contribution in [1.29, 1.82) is 5.41 Å². The zero-order valence-electron chi connectivity index (χ0n) is 25.1. The van der Waals surface area contributed by atoms with Crippen molar-refractivity contribution < 1.29 is 47.3 Å². The molecule has 0 unspecified atom stereocenters. The molecule has 248 valence electrons. The minimum Gasteiger partial charge on any atom is -0.481 e. The zero-order valence-corrected chi connectivity index (χ0v) is 26.0. The molecular formula is C30H32N6O10S. The Morgan fingerprint density at radius 2 is 1.60 bits per heavy atom. The summed E-state index contributed by atoms with van der Waals surface area (Å²) in [6, 6.07) is 14.7. The Kier molecular flexibility index (Phi) is 11.7. The Bertz CT molecular complexity index is 1790. The van der Waals surface area contributed by atoms with Crippen molar-refractivity contribution in [2.75, 3.05) is 29.9 Å². The van der Waals surface area contributed by atoms with E-state index in [1.54, 1.807) is 31.2 Å². The van der Waals surface area contributed by atoms with Crippen LogP contribution in [0.5, 0.6) is 5.75 Å². The second-order valence-electron chi connectivity index (χ2n) is 10.0. The van der Waals surface area contributed by atoms with E-state index < -0.39 is 65.4 Å². The number of nitrogens with two attached hydrogens (primary N) is 1. The number of aryl methyl sites for hydroxylation is 1. The van der Waals surface area contributed by atoms with Crippen LogP contribution < -0.4 is 30.7 Å². The second kappa shape index (κ2) is 15.5. The van der Waals surface area contributed by atoms with Gasteiger partial charge in [-0.2, -0.15) is 4.72 Å². The van der Waals surface area contributed by atoms with Crippen molar-refractivity contribution in [3.8, 4) is 5.75 Å². The first-order valence-corrected chi connectivity index (χ1v) is 15.2. The standard InChI is InChI=1S/C28H28N6O8S.C2H4O2/c1-16-2-9-20(10-3-16)43(40,41)33-21(28(38)39)13-31-24(35)14-34-22-11-8-19(12-23(22)42-15-25(34)36)32-27(37)18-6-4-17(5-7-18)26(29)30;1-2(3)4/h2-12,21,33H,13-15H2,1H3,(H3,29,30)(H,31,35)(H,32,37)(H,38,39);1H3,(H,3,4)/t21-;/m0./s1. The van der Waals surface area contributed by atoms with Crippen LogP contribution >= 0.6 is 0 Å². The van der Waals surface area contributed by atoms with Crippen LogP contribution in [0.1, 0.15) is 28.4 Å². The number of benzene rings is 3. The number of carbonyl (C=O) groups is 5. The minimum atomic E-state index is -4.19. The molecule has 1 heterocycles. The van der Waals surface area contributed by atoms with Crippen molar-refractivity contribution in [3.63, 3.8) is 0 Å². The Morgan fingerprint density at radius 3 is 2.17 bits per heavy atom. The first-order valence-electron chi connectivity index (χ1n) is 13.7. The van der Waals surface area contributed by atoms with Gasteiger partial charge in [-0.3, -0.25) is 34.3 Å². The van der Waals surface area contributed by atoms with Gasteiger partial charge in [-0.05, 0) is 43.3 Å². The average Bonchev–Trinajstić information content (AvgIpc) is 3.00. The number of rotatable bonds is 11. The number of anilines is 2. The van der Waals surface area contributed by atoms with Crippen LogP contribution in [0.15, 0.2) is 71.6 Å². The van der Waals surface area contributed by atoms with Crippen LogP contribution in [-0.4, -0.2) is 79.9 Å². The fourth-order valence-corrected chi connectivity index (χ4v) is 5.22. The molecule has 0 saturated carbocycles. The molecule has 1 aliphatic heterocycles. The second-order valence-corrected chi connectivity index (χ2v) is 11.8. The van der Waals surface area contributed by atoms with Crippen LogP contribution in [0.2, 0.25) is 0 Å². The van der Waals surface area contributed by atoms with Crippen LogP contribution in [0.3, 0.4) is 0 Å². The van der Waals surface area contributed by atoms with Gasteiger partial charge in [0.05, 0.1) is 10.6 Å². The highest BCUT2D eigenvalue weighted by Crippen LogP contribution is 2.34. The molecule has 3 aromatic carbocycles. The van der Waals surface area contributed by atoms with Crippen molar-refractivity contribution in [3.05, 3.63) is 83.4 Å². The molecule has 0 fully saturated rings. The summed E-state index contributed by atoms with van der Waals surface area (Å²) in [5, 5.41) is 29.4. The molecule has 0 saturated heterocycles. The third kappa shape index (κ3) is 10.1. The lowest BCUT2D eigenvalue weighted by Crippen LogP contribution is -2.51. The number of carboxylic acids is 2. The lowest BCUT2D eigenvalue weighted by molar-refractivity contribution is -0.139. The van der Waals surface area contributed by atoms with Gasteiger partial charge in [0.15, 0.2) is 6.61 Å². The fourth-order valence-electron chi connectivity index (χ4n) is 4.03. The number of hydrogen-bond acceptors (Lipinski definition) is 9. The predicted octanol–water partition coefficient (Wildman–Crippen LogP) is 0.896. The molecule has 47 heavy (non-hydrogen) atoms. The molecule has 8 N–H and O–H groups in total. The summed E-state index contributed by atoms with van der Waals surface area (Å²) in [5.41, 5.74) is 7.63. The van der Waals surface area contributed by atoms with Gasteiger partial charge in [-0.15, -0.1) is 0 Å². The Hall–Kier alpha value is -5.81. The SMILES string of the molecule is CC(=O)O.Cc1ccc(S(=O)(=O)N[C@@H](CNC(=O)CN2C(=O)COc3cc(NC(=O)c4ccc(C(=N)N)cc4)ccc32)C(=O)O)cc1. The molecule has 0 aromatic heterocycles. The number of carboxylic acid groups (broad SMARTS) is 2. The van der Waals surface area contributed by atoms with Crippen molar-refractivity contribution in [1.82, 2.24) is 10.0 Å². The van der Waals surface area contributed by atoms with E-state index in [9.17, 15) is 32.7 Å². The molecule has 0 aliphatic carbocycles. The van der Waals surface area contributed by atoms with Gasteiger partial charge in [-0.25, -0.2) is 8.42 Å². The first kappa shape index (κ1) is 35.7. The molecule has 4 rings (SSSR count). The van der Waals surface area contributed by atoms with Crippen LogP contribution in [0, 0.1) is 12.3 Å². The van der Waals surface area contributed by atoms with E-state index in [1.807, 2.05) is 0 Å². The highest BCUT2D eigenvalue weighted by molar-refractivity contribution is 7.89. The molecule has 0 radical (unpaired) electrons. The molecule has 0 spiro atoms. The van der Waals surface area contributed by atoms with Crippen LogP contribution in [0.4, 0.5) is 11.4 Å². The topological polar surface area (TPSA) is 258 Å². The van der Waals surface area contributed by atoms with E-state index in [4.69, 9.17) is 25.8 Å². The number of aliphatic carboxylic acids is 2. The lowest BCUT2D eigenvalue weighted by Gasteiger charge is -2.29. The van der Waals surface area contributed by atoms with Gasteiger partial charge in [-0.1, -0.05) is 29.8 Å². The molecule has 3 amide bonds. The summed E-state index contributed by atoms with van der Waals surface area (Å²) >= 11 is 0. The number of amidine groups is 1. The van der Waals surface area contributed by atoms with Gasteiger partial charge >= 0.3 is 5.97 Å². The van der Waals surface area contributed by atoms with Crippen molar-refractivity contribution in [2.45, 2.75) is 24.8 Å². The molecule has 3 aromatic rings. The van der Waals surface area contributed by atoms with Crippen molar-refractivity contribution in [2.24, 2.45) is 5.73 Å². The summed E-state index contributed by atoms with van der Waals surface area (Å²) in [7, 11) is -4.19. The Balaban J connectivity index is 0.00000142. The first-order chi connectivity index (χ1) is 22.1. The maximum atomic E-state index is 12.7. The van der Waals surface area contributed by atoms with E-state index in [0.29, 0.717) is 16.8 Å². The van der Waals surface area contributed by atoms with E-state index in [-0.39, 0.29) is 22.2 Å². The molecule has 16 nitrogen and oxygen atoms in total. The summed E-state index contributed by atoms with van der Waals surface area (Å²) < 4.78 is 32.8. The van der Waals surface area contributed by atoms with E-state index >= 15 is 0 Å². The van der Waals surface area contributed by atoms with E-state index in [0.717, 1.165) is 17.4 Å². The fraction of sp³-hybridized carbons (Fsp3) is 0.200. The van der Waals surface area contributed by atoms with Crippen LogP contribution in [0.25, 0.3) is 0 Å². The molecule has 1 atom stereocenters. The number of ether oxygens (including phenoxy) is 1. The molecule has 0 bridgehead atoms. The van der Waals surface area contributed by atoms with Gasteiger partial charge in [0.2, 0.25) is 15.9 Å². The van der Waals surface area contributed by atoms with E-state index in [2.05, 4.69) is 15.4 Å². The van der Waals surface area contributed by atoms with Crippen molar-refractivity contribution >= 4 is 56.9 Å². The number of nitrogen functional groups attached to an aromatic ring is 1. The van der Waals surface area contributed by atoms with E-state index in [1.165, 1.54) is 42.5 Å². The number of hydrogen-bond donors (Lipinski definition) is 7. The number of nitrogens with one attached hydrogen (secondary N) is 4. The largest absolute Gasteiger partial charge is 0.481 e. The summed E-state index contributed by atoms with van der Waals surface area (Å²) in [4.78, 5) is 59.6. The number of sulfonamides is 1. The maximum absolute atomic E-state index is 12.7. The van der Waals surface area contributed by atoms with Gasteiger partial charge in [0.25, 0.3) is 17.8 Å². The molecule has 17 heteroatoms. The maximum Gasteiger partial charge on any atom is 0.323 e. The summed E-state index contributed by atoms with van der Waals surface area (Å²) in [6.07, 6.45) is 0. The number of nitrogens with zero attached hydrogens (tertiary/aromatic N) is 1. The summed E-state index contributed by atoms with van der Waals surface area (Å²) in [5.74, 6) is -3.98. The zero-order chi connectivity index (χ0) is 34.9. The number of fused-ring (bicyclic) bond motifs is 1. The smallest absolute Gasteiger partial charge is 0.323 e. The van der Waals surface area contributed by atoms with Gasteiger partial charge < -0.3 is 31.3 Å². The monoisotopic (exact) mass is 668 g/mol. The van der Waals surface area contributed by atoms with Gasteiger partial charge in [0.1, 0.15) is 24.2 Å².